The van der Waals surface area contributed by atoms with Crippen molar-refractivity contribution in [3.63, 3.8) is 0 Å². The molecule has 0 saturated carbocycles. The third kappa shape index (κ3) is 3.07. The molecule has 0 amide bonds. The number of ether oxygens (including phenoxy) is 1. The molecule has 1 saturated heterocycles. The molecule has 2 unspecified atom stereocenters. The molecule has 6 heteroatoms. The molecule has 1 aromatic rings. The lowest BCUT2D eigenvalue weighted by Gasteiger charge is -2.37. The normalized spacial score (nSPS) is 24.0. The van der Waals surface area contributed by atoms with Gasteiger partial charge in [-0.15, -0.1) is 0 Å². The third-order valence-electron chi connectivity index (χ3n) is 3.94. The Hall–Kier alpha value is -1.11. The number of aryl methyl sites for hydroxylation is 2. The van der Waals surface area contributed by atoms with Crippen LogP contribution in [0.15, 0.2) is 17.0 Å². The van der Waals surface area contributed by atoms with Gasteiger partial charge in [0.1, 0.15) is 5.75 Å². The monoisotopic (exact) mass is 312 g/mol. The largest absolute Gasteiger partial charge is 0.497 e. The van der Waals surface area contributed by atoms with Crippen LogP contribution in [0.25, 0.3) is 0 Å². The summed E-state index contributed by atoms with van der Waals surface area (Å²) in [5.74, 6) is 0.686. The van der Waals surface area contributed by atoms with E-state index in [1.165, 1.54) is 0 Å². The second-order valence-corrected chi connectivity index (χ2v) is 7.65. The molecule has 1 N–H and O–H groups in total. The Morgan fingerprint density at radius 3 is 2.33 bits per heavy atom. The molecule has 21 heavy (non-hydrogen) atoms. The van der Waals surface area contributed by atoms with Crippen molar-refractivity contribution in [2.45, 2.75) is 44.7 Å². The first-order valence-corrected chi connectivity index (χ1v) is 8.62. The standard InChI is InChI=1S/C15H24N2O3S/c1-10-6-14(20-5)7-11(2)15(10)21(18,19)17-9-12(3)16-8-13(17)4/h6-7,12-13,16H,8-9H2,1-5H3. The Labute approximate surface area is 127 Å². The maximum absolute atomic E-state index is 13.0. The van der Waals surface area contributed by atoms with Gasteiger partial charge in [0.2, 0.25) is 10.0 Å². The van der Waals surface area contributed by atoms with Gasteiger partial charge in [-0.05, 0) is 51.0 Å². The van der Waals surface area contributed by atoms with Crippen LogP contribution in [0.1, 0.15) is 25.0 Å². The van der Waals surface area contributed by atoms with E-state index >= 15 is 0 Å². The molecule has 0 aromatic heterocycles. The number of methoxy groups -OCH3 is 1. The SMILES string of the molecule is COc1cc(C)c(S(=O)(=O)N2CC(C)NCC2C)c(C)c1. The highest BCUT2D eigenvalue weighted by atomic mass is 32.2. The number of nitrogens with zero attached hydrogens (tertiary/aromatic N) is 1. The minimum atomic E-state index is -3.49. The average molecular weight is 312 g/mol. The van der Waals surface area contributed by atoms with Gasteiger partial charge in [0.15, 0.2) is 0 Å². The lowest BCUT2D eigenvalue weighted by atomic mass is 10.1. The summed E-state index contributed by atoms with van der Waals surface area (Å²) in [6.07, 6.45) is 0. The molecule has 0 aliphatic carbocycles. The molecule has 1 heterocycles. The number of hydrogen-bond acceptors (Lipinski definition) is 4. The fourth-order valence-corrected chi connectivity index (χ4v) is 5.01. The highest BCUT2D eigenvalue weighted by molar-refractivity contribution is 7.89. The van der Waals surface area contributed by atoms with E-state index in [-0.39, 0.29) is 12.1 Å². The van der Waals surface area contributed by atoms with Crippen molar-refractivity contribution in [2.24, 2.45) is 0 Å². The van der Waals surface area contributed by atoms with Gasteiger partial charge in [0.25, 0.3) is 0 Å². The van der Waals surface area contributed by atoms with E-state index in [1.807, 2.05) is 27.7 Å². The maximum Gasteiger partial charge on any atom is 0.243 e. The lowest BCUT2D eigenvalue weighted by Crippen LogP contribution is -2.56. The fraction of sp³-hybridized carbons (Fsp3) is 0.600. The van der Waals surface area contributed by atoms with Crippen molar-refractivity contribution >= 4 is 10.0 Å². The Kier molecular flexibility index (Phi) is 4.60. The van der Waals surface area contributed by atoms with Gasteiger partial charge in [-0.2, -0.15) is 4.31 Å². The first kappa shape index (κ1) is 16.3. The molecule has 1 fully saturated rings. The van der Waals surface area contributed by atoms with E-state index in [0.717, 1.165) is 11.1 Å². The predicted molar refractivity (Wildman–Crippen MR) is 83.3 cm³/mol. The summed E-state index contributed by atoms with van der Waals surface area (Å²) >= 11 is 0. The number of sulfonamides is 1. The summed E-state index contributed by atoms with van der Waals surface area (Å²) in [6, 6.07) is 3.66. The van der Waals surface area contributed by atoms with Crippen LogP contribution in [-0.2, 0) is 10.0 Å². The van der Waals surface area contributed by atoms with Gasteiger partial charge in [0.05, 0.1) is 12.0 Å². The van der Waals surface area contributed by atoms with Gasteiger partial charge in [-0.1, -0.05) is 0 Å². The number of benzene rings is 1. The van der Waals surface area contributed by atoms with Crippen LogP contribution in [0.5, 0.6) is 5.75 Å². The summed E-state index contributed by atoms with van der Waals surface area (Å²) in [7, 11) is -1.91. The van der Waals surface area contributed by atoms with E-state index < -0.39 is 10.0 Å². The first-order valence-electron chi connectivity index (χ1n) is 7.17. The van der Waals surface area contributed by atoms with Gasteiger partial charge in [-0.3, -0.25) is 0 Å². The molecular formula is C15H24N2O3S. The molecule has 0 radical (unpaired) electrons. The highest BCUT2D eigenvalue weighted by Crippen LogP contribution is 2.29. The van der Waals surface area contributed by atoms with Crippen LogP contribution >= 0.6 is 0 Å². The second kappa shape index (κ2) is 5.94. The van der Waals surface area contributed by atoms with Crippen LogP contribution in [0.3, 0.4) is 0 Å². The van der Waals surface area contributed by atoms with Crippen molar-refractivity contribution in [1.82, 2.24) is 9.62 Å². The van der Waals surface area contributed by atoms with Crippen LogP contribution in [0.2, 0.25) is 0 Å². The molecule has 5 nitrogen and oxygen atoms in total. The van der Waals surface area contributed by atoms with E-state index in [2.05, 4.69) is 5.32 Å². The van der Waals surface area contributed by atoms with Crippen molar-refractivity contribution in [2.75, 3.05) is 20.2 Å². The quantitative estimate of drug-likeness (QED) is 0.922. The van der Waals surface area contributed by atoms with E-state index in [9.17, 15) is 8.42 Å². The van der Waals surface area contributed by atoms with Gasteiger partial charge in [0, 0.05) is 25.2 Å². The second-order valence-electron chi connectivity index (χ2n) is 5.82. The van der Waals surface area contributed by atoms with Crippen LogP contribution in [0.4, 0.5) is 0 Å². The summed E-state index contributed by atoms with van der Waals surface area (Å²) in [6.45, 7) is 8.74. The topological polar surface area (TPSA) is 58.6 Å². The van der Waals surface area contributed by atoms with Crippen LogP contribution in [0, 0.1) is 13.8 Å². The minimum Gasteiger partial charge on any atom is -0.497 e. The zero-order chi connectivity index (χ0) is 15.8. The van der Waals surface area contributed by atoms with Gasteiger partial charge >= 0.3 is 0 Å². The number of piperazine rings is 1. The van der Waals surface area contributed by atoms with Crippen molar-refractivity contribution in [3.05, 3.63) is 23.3 Å². The Morgan fingerprint density at radius 1 is 1.24 bits per heavy atom. The Balaban J connectivity index is 2.49. The number of nitrogens with one attached hydrogen (secondary N) is 1. The Bertz CT molecular complexity index is 605. The summed E-state index contributed by atoms with van der Waals surface area (Å²) in [5.41, 5.74) is 1.45. The zero-order valence-corrected chi connectivity index (χ0v) is 14.1. The summed E-state index contributed by atoms with van der Waals surface area (Å²) in [5, 5.41) is 3.31. The van der Waals surface area contributed by atoms with E-state index in [0.29, 0.717) is 23.7 Å². The van der Waals surface area contributed by atoms with Crippen LogP contribution in [-0.4, -0.2) is 45.0 Å². The first-order chi connectivity index (χ1) is 9.77. The molecule has 1 aliphatic heterocycles. The molecule has 2 rings (SSSR count). The number of rotatable bonds is 3. The molecule has 118 valence electrons. The zero-order valence-electron chi connectivity index (χ0n) is 13.3. The minimum absolute atomic E-state index is 0.0490. The third-order valence-corrected chi connectivity index (χ3v) is 6.23. The number of hydrogen-bond donors (Lipinski definition) is 1. The average Bonchev–Trinajstić information content (AvgIpc) is 2.40. The van der Waals surface area contributed by atoms with E-state index in [4.69, 9.17) is 4.74 Å². The van der Waals surface area contributed by atoms with Gasteiger partial charge in [-0.25, -0.2) is 8.42 Å². The van der Waals surface area contributed by atoms with Crippen molar-refractivity contribution in [3.8, 4) is 5.75 Å². The smallest absolute Gasteiger partial charge is 0.243 e. The summed E-state index contributed by atoms with van der Waals surface area (Å²) < 4.78 is 32.9. The maximum atomic E-state index is 13.0. The molecule has 1 aliphatic rings. The Morgan fingerprint density at radius 2 is 1.81 bits per heavy atom. The molecule has 1 aromatic carbocycles. The molecular weight excluding hydrogens is 288 g/mol. The molecule has 0 bridgehead atoms. The fourth-order valence-electron chi connectivity index (χ4n) is 2.88. The highest BCUT2D eigenvalue weighted by Gasteiger charge is 2.35. The molecule has 0 spiro atoms. The lowest BCUT2D eigenvalue weighted by molar-refractivity contribution is 0.244. The predicted octanol–water partition coefficient (Wildman–Crippen LogP) is 1.68. The van der Waals surface area contributed by atoms with E-state index in [1.54, 1.807) is 23.5 Å². The van der Waals surface area contributed by atoms with Crippen molar-refractivity contribution in [1.29, 1.82) is 0 Å². The summed E-state index contributed by atoms with van der Waals surface area (Å²) in [4.78, 5) is 0.407. The molecule has 2 atom stereocenters. The van der Waals surface area contributed by atoms with Crippen LogP contribution < -0.4 is 10.1 Å². The van der Waals surface area contributed by atoms with Crippen molar-refractivity contribution < 1.29 is 13.2 Å². The van der Waals surface area contributed by atoms with Gasteiger partial charge < -0.3 is 10.1 Å².